The molecule has 2 aromatic heterocycles. The molecule has 0 atom stereocenters. The molecule has 0 bridgehead atoms. The number of rotatable bonds is 2. The average Bonchev–Trinajstić information content (AvgIpc) is 3.00. The molecule has 0 spiro atoms. The smallest absolute Gasteiger partial charge is 0.171 e. The van der Waals surface area contributed by atoms with Gasteiger partial charge in [0, 0.05) is 17.4 Å². The van der Waals surface area contributed by atoms with Crippen molar-refractivity contribution in [2.75, 3.05) is 0 Å². The molecule has 0 fully saturated rings. The highest BCUT2D eigenvalue weighted by molar-refractivity contribution is 5.92. The third-order valence-corrected chi connectivity index (χ3v) is 3.94. The van der Waals surface area contributed by atoms with Crippen LogP contribution >= 0.6 is 0 Å². The Morgan fingerprint density at radius 3 is 2.50 bits per heavy atom. The minimum atomic E-state index is 0.832. The van der Waals surface area contributed by atoms with Crippen molar-refractivity contribution in [2.45, 2.75) is 20.3 Å². The maximum absolute atomic E-state index is 4.78. The number of hydrogen-bond acceptors (Lipinski definition) is 3. The Bertz CT molecular complexity index is 968. The van der Waals surface area contributed by atoms with E-state index >= 15 is 0 Å². The Hall–Kier alpha value is -2.75. The van der Waals surface area contributed by atoms with Crippen molar-refractivity contribution in [1.29, 1.82) is 0 Å². The number of hydrogen-bond donors (Lipinski definition) is 0. The van der Waals surface area contributed by atoms with Gasteiger partial charge in [-0.3, -0.25) is 4.40 Å². The number of aryl methyl sites for hydroxylation is 2. The van der Waals surface area contributed by atoms with Crippen LogP contribution in [0, 0.1) is 6.92 Å². The molecule has 4 rings (SSSR count). The van der Waals surface area contributed by atoms with Crippen molar-refractivity contribution in [3.63, 3.8) is 0 Å². The Morgan fingerprint density at radius 1 is 0.955 bits per heavy atom. The maximum atomic E-state index is 4.78. The third-order valence-electron chi connectivity index (χ3n) is 3.94. The van der Waals surface area contributed by atoms with Crippen LogP contribution in [-0.2, 0) is 6.42 Å². The highest BCUT2D eigenvalue weighted by atomic mass is 15.3. The summed E-state index contributed by atoms with van der Waals surface area (Å²) in [4.78, 5) is 4.78. The van der Waals surface area contributed by atoms with Crippen molar-refractivity contribution in [3.8, 4) is 11.4 Å². The minimum Gasteiger partial charge on any atom is -0.262 e. The summed E-state index contributed by atoms with van der Waals surface area (Å²) in [7, 11) is 0. The first-order valence-electron chi connectivity index (χ1n) is 7.47. The van der Waals surface area contributed by atoms with Crippen LogP contribution in [0.1, 0.15) is 18.3 Å². The van der Waals surface area contributed by atoms with Gasteiger partial charge in [-0.05, 0) is 19.1 Å². The van der Waals surface area contributed by atoms with E-state index in [9.17, 15) is 0 Å². The first kappa shape index (κ1) is 13.0. The van der Waals surface area contributed by atoms with Gasteiger partial charge in [0.25, 0.3) is 0 Å². The monoisotopic (exact) mass is 288 g/mol. The fraction of sp³-hybridized carbons (Fsp3) is 0.167. The van der Waals surface area contributed by atoms with E-state index < -0.39 is 0 Å². The highest BCUT2D eigenvalue weighted by Gasteiger charge is 2.14. The van der Waals surface area contributed by atoms with Crippen LogP contribution in [0.15, 0.2) is 48.5 Å². The van der Waals surface area contributed by atoms with E-state index in [2.05, 4.69) is 52.7 Å². The first-order valence-corrected chi connectivity index (χ1v) is 7.47. The van der Waals surface area contributed by atoms with Gasteiger partial charge in [0.05, 0.1) is 5.52 Å². The van der Waals surface area contributed by atoms with Gasteiger partial charge >= 0.3 is 0 Å². The van der Waals surface area contributed by atoms with Gasteiger partial charge in [-0.15, -0.1) is 10.2 Å². The van der Waals surface area contributed by atoms with Gasteiger partial charge < -0.3 is 0 Å². The first-order chi connectivity index (χ1) is 10.8. The molecule has 0 aliphatic rings. The van der Waals surface area contributed by atoms with Crippen LogP contribution in [0.25, 0.3) is 27.9 Å². The van der Waals surface area contributed by atoms with Crippen molar-refractivity contribution in [2.24, 2.45) is 0 Å². The molecule has 108 valence electrons. The van der Waals surface area contributed by atoms with Crippen LogP contribution in [0.5, 0.6) is 0 Å². The fourth-order valence-electron chi connectivity index (χ4n) is 2.78. The maximum Gasteiger partial charge on any atom is 0.171 e. The van der Waals surface area contributed by atoms with Gasteiger partial charge in [0.2, 0.25) is 0 Å². The number of nitrogens with zero attached hydrogens (tertiary/aromatic N) is 4. The van der Waals surface area contributed by atoms with Crippen molar-refractivity contribution in [3.05, 3.63) is 59.9 Å². The lowest BCUT2D eigenvalue weighted by atomic mass is 10.1. The summed E-state index contributed by atoms with van der Waals surface area (Å²) in [5.74, 6) is 1.83. The van der Waals surface area contributed by atoms with Gasteiger partial charge in [-0.1, -0.05) is 48.9 Å². The molecule has 4 nitrogen and oxygen atoms in total. The van der Waals surface area contributed by atoms with E-state index in [0.717, 1.165) is 40.2 Å². The Balaban J connectivity index is 2.09. The number of benzene rings is 2. The molecule has 0 unspecified atom stereocenters. The van der Waals surface area contributed by atoms with E-state index in [0.29, 0.717) is 0 Å². The predicted octanol–water partition coefficient (Wildman–Crippen LogP) is 3.82. The molecule has 0 N–H and O–H groups in total. The third kappa shape index (κ3) is 1.88. The topological polar surface area (TPSA) is 43.1 Å². The Morgan fingerprint density at radius 2 is 1.73 bits per heavy atom. The largest absolute Gasteiger partial charge is 0.262 e. The van der Waals surface area contributed by atoms with E-state index in [-0.39, 0.29) is 0 Å². The van der Waals surface area contributed by atoms with Gasteiger partial charge in [-0.2, -0.15) is 0 Å². The molecule has 0 amide bonds. The predicted molar refractivity (Wildman–Crippen MR) is 87.8 cm³/mol. The van der Waals surface area contributed by atoms with E-state index in [4.69, 9.17) is 4.98 Å². The lowest BCUT2D eigenvalue weighted by molar-refractivity contribution is 0.914. The SMILES string of the molecule is CCc1nc2ccccc2c2nnc(-c3ccc(C)cc3)n12. The molecule has 0 radical (unpaired) electrons. The lowest BCUT2D eigenvalue weighted by Gasteiger charge is -2.08. The standard InChI is InChI=1S/C18H16N4/c1-3-16-19-15-7-5-4-6-14(15)18-21-20-17(22(16)18)13-10-8-12(2)9-11-13/h4-11H,3H2,1-2H3. The summed E-state index contributed by atoms with van der Waals surface area (Å²) in [6.07, 6.45) is 0.832. The van der Waals surface area contributed by atoms with Crippen LogP contribution in [0.4, 0.5) is 0 Å². The molecule has 2 heterocycles. The Kier molecular flexibility index (Phi) is 2.89. The summed E-state index contributed by atoms with van der Waals surface area (Å²) in [5.41, 5.74) is 4.13. The zero-order chi connectivity index (χ0) is 15.1. The molecule has 4 aromatic rings. The van der Waals surface area contributed by atoms with E-state index in [1.807, 2.05) is 24.3 Å². The number of fused-ring (bicyclic) bond motifs is 3. The second kappa shape index (κ2) is 4.91. The summed E-state index contributed by atoms with van der Waals surface area (Å²) < 4.78 is 2.08. The molecular weight excluding hydrogens is 272 g/mol. The summed E-state index contributed by atoms with van der Waals surface area (Å²) in [5, 5.41) is 9.89. The van der Waals surface area contributed by atoms with Crippen LogP contribution in [-0.4, -0.2) is 19.6 Å². The van der Waals surface area contributed by atoms with Crippen LogP contribution in [0.3, 0.4) is 0 Å². The summed E-state index contributed by atoms with van der Waals surface area (Å²) in [6.45, 7) is 4.19. The van der Waals surface area contributed by atoms with Crippen LogP contribution in [0.2, 0.25) is 0 Å². The number of para-hydroxylation sites is 1. The van der Waals surface area contributed by atoms with Crippen LogP contribution < -0.4 is 0 Å². The van der Waals surface area contributed by atoms with Crippen molar-refractivity contribution < 1.29 is 0 Å². The Labute approximate surface area is 128 Å². The van der Waals surface area contributed by atoms with Gasteiger partial charge in [-0.25, -0.2) is 4.98 Å². The van der Waals surface area contributed by atoms with E-state index in [1.54, 1.807) is 0 Å². The molecule has 0 aliphatic carbocycles. The number of aromatic nitrogens is 4. The fourth-order valence-corrected chi connectivity index (χ4v) is 2.78. The molecule has 0 aliphatic heterocycles. The molecule has 22 heavy (non-hydrogen) atoms. The van der Waals surface area contributed by atoms with Crippen molar-refractivity contribution in [1.82, 2.24) is 19.6 Å². The summed E-state index contributed by atoms with van der Waals surface area (Å²) in [6, 6.07) is 16.4. The van der Waals surface area contributed by atoms with Crippen molar-refractivity contribution >= 4 is 16.6 Å². The molecule has 4 heteroatoms. The molecular formula is C18H16N4. The molecule has 0 saturated heterocycles. The van der Waals surface area contributed by atoms with E-state index in [1.165, 1.54) is 5.56 Å². The zero-order valence-corrected chi connectivity index (χ0v) is 12.6. The minimum absolute atomic E-state index is 0.832. The highest BCUT2D eigenvalue weighted by Crippen LogP contribution is 2.25. The van der Waals surface area contributed by atoms with Gasteiger partial charge in [0.15, 0.2) is 11.5 Å². The van der Waals surface area contributed by atoms with Gasteiger partial charge in [0.1, 0.15) is 5.82 Å². The average molecular weight is 288 g/mol. The molecule has 2 aromatic carbocycles. The quantitative estimate of drug-likeness (QED) is 0.563. The molecule has 0 saturated carbocycles. The summed E-state index contributed by atoms with van der Waals surface area (Å²) >= 11 is 0. The normalized spacial score (nSPS) is 11.4. The second-order valence-corrected chi connectivity index (χ2v) is 5.45. The second-order valence-electron chi connectivity index (χ2n) is 5.45. The zero-order valence-electron chi connectivity index (χ0n) is 12.6. The lowest BCUT2D eigenvalue weighted by Crippen LogP contribution is -2.02.